The number of nitrogens with one attached hydrogen (secondary N) is 3. The van der Waals surface area contributed by atoms with E-state index in [0.29, 0.717) is 17.6 Å². The van der Waals surface area contributed by atoms with Gasteiger partial charge in [-0.1, -0.05) is 0 Å². The number of fused-ring (bicyclic) bond motifs is 2. The summed E-state index contributed by atoms with van der Waals surface area (Å²) in [5, 5.41) is 11.0. The SMILES string of the molecule is Cc1cn(-c2cncc3[nH]c(-c4n[nH]c5ccc(-c6cncc(NC(C)C)c6)nc45)nc23)cn1. The van der Waals surface area contributed by atoms with Gasteiger partial charge in [-0.2, -0.15) is 5.10 Å². The highest BCUT2D eigenvalue weighted by molar-refractivity contribution is 5.92. The van der Waals surface area contributed by atoms with Crippen molar-refractivity contribution in [2.75, 3.05) is 5.32 Å². The molecule has 0 atom stereocenters. The standard InChI is InChI=1S/C24H22N10/c1-13(2)28-16-6-15(7-25-8-16)17-4-5-18-22(29-17)23(33-32-18)24-30-19-9-26-10-20(21(19)31-24)34-11-14(3)27-12-34/h4-13,28H,1-3H3,(H,30,31)(H,32,33). The van der Waals surface area contributed by atoms with Crippen molar-refractivity contribution in [3.63, 3.8) is 0 Å². The highest BCUT2D eigenvalue weighted by atomic mass is 15.2. The van der Waals surface area contributed by atoms with Gasteiger partial charge in [0, 0.05) is 30.2 Å². The first-order valence-corrected chi connectivity index (χ1v) is 11.0. The van der Waals surface area contributed by atoms with Crippen molar-refractivity contribution < 1.29 is 0 Å². The van der Waals surface area contributed by atoms with E-state index in [9.17, 15) is 0 Å². The van der Waals surface area contributed by atoms with Crippen LogP contribution < -0.4 is 5.32 Å². The summed E-state index contributed by atoms with van der Waals surface area (Å²) in [7, 11) is 0. The fraction of sp³-hybridized carbons (Fsp3) is 0.167. The Kier molecular flexibility index (Phi) is 4.58. The molecule has 0 saturated carbocycles. The molecule has 168 valence electrons. The van der Waals surface area contributed by atoms with E-state index in [1.54, 1.807) is 18.7 Å². The van der Waals surface area contributed by atoms with Crippen LogP contribution >= 0.6 is 0 Å². The van der Waals surface area contributed by atoms with Crippen molar-refractivity contribution in [2.24, 2.45) is 0 Å². The Hall–Kier alpha value is -4.60. The Bertz CT molecular complexity index is 1640. The largest absolute Gasteiger partial charge is 0.382 e. The molecule has 6 aromatic heterocycles. The van der Waals surface area contributed by atoms with Crippen LogP contribution in [0.4, 0.5) is 5.69 Å². The van der Waals surface area contributed by atoms with Gasteiger partial charge in [0.05, 0.1) is 52.5 Å². The molecule has 0 amide bonds. The first-order chi connectivity index (χ1) is 16.5. The second kappa shape index (κ2) is 7.77. The van der Waals surface area contributed by atoms with E-state index >= 15 is 0 Å². The van der Waals surface area contributed by atoms with Gasteiger partial charge < -0.3 is 14.9 Å². The van der Waals surface area contributed by atoms with Gasteiger partial charge >= 0.3 is 0 Å². The third kappa shape index (κ3) is 3.45. The molecule has 0 unspecified atom stereocenters. The molecule has 0 spiro atoms. The summed E-state index contributed by atoms with van der Waals surface area (Å²) in [5.74, 6) is 0.616. The van der Waals surface area contributed by atoms with Crippen molar-refractivity contribution in [1.82, 2.24) is 44.7 Å². The predicted octanol–water partition coefficient (Wildman–Crippen LogP) is 4.27. The average molecular weight is 451 g/mol. The average Bonchev–Trinajstić information content (AvgIpc) is 3.55. The van der Waals surface area contributed by atoms with Crippen LogP contribution in [-0.2, 0) is 0 Å². The quantitative estimate of drug-likeness (QED) is 0.358. The fourth-order valence-electron chi connectivity index (χ4n) is 3.99. The summed E-state index contributed by atoms with van der Waals surface area (Å²) in [5.41, 5.74) is 8.24. The minimum absolute atomic E-state index is 0.312. The van der Waals surface area contributed by atoms with Crippen LogP contribution in [-0.4, -0.2) is 50.7 Å². The van der Waals surface area contributed by atoms with E-state index in [0.717, 1.165) is 50.4 Å². The molecule has 0 aliphatic rings. The van der Waals surface area contributed by atoms with E-state index < -0.39 is 0 Å². The van der Waals surface area contributed by atoms with Gasteiger partial charge in [0.2, 0.25) is 0 Å². The Morgan fingerprint density at radius 2 is 1.85 bits per heavy atom. The zero-order chi connectivity index (χ0) is 23.2. The minimum atomic E-state index is 0.312. The lowest BCUT2D eigenvalue weighted by Gasteiger charge is -2.10. The summed E-state index contributed by atoms with van der Waals surface area (Å²) in [6.45, 7) is 6.14. The maximum atomic E-state index is 4.90. The third-order valence-electron chi connectivity index (χ3n) is 5.49. The van der Waals surface area contributed by atoms with E-state index in [4.69, 9.17) is 9.97 Å². The Morgan fingerprint density at radius 1 is 0.971 bits per heavy atom. The molecular formula is C24H22N10. The molecule has 34 heavy (non-hydrogen) atoms. The Labute approximate surface area is 194 Å². The molecule has 6 heterocycles. The molecule has 10 heteroatoms. The molecule has 0 aromatic carbocycles. The number of nitrogens with zero attached hydrogens (tertiary/aromatic N) is 7. The molecule has 0 aliphatic carbocycles. The number of aryl methyl sites for hydroxylation is 1. The number of imidazole rings is 2. The number of hydrogen-bond acceptors (Lipinski definition) is 7. The van der Waals surface area contributed by atoms with Crippen LogP contribution in [0.3, 0.4) is 0 Å². The zero-order valence-electron chi connectivity index (χ0n) is 18.9. The lowest BCUT2D eigenvalue weighted by molar-refractivity contribution is 0.898. The summed E-state index contributed by atoms with van der Waals surface area (Å²) in [4.78, 5) is 26.2. The molecule has 10 nitrogen and oxygen atoms in total. The number of pyridine rings is 3. The maximum Gasteiger partial charge on any atom is 0.161 e. The number of rotatable bonds is 5. The lowest BCUT2D eigenvalue weighted by atomic mass is 10.1. The van der Waals surface area contributed by atoms with E-state index in [-0.39, 0.29) is 0 Å². The summed E-state index contributed by atoms with van der Waals surface area (Å²) < 4.78 is 1.92. The minimum Gasteiger partial charge on any atom is -0.382 e. The van der Waals surface area contributed by atoms with Gasteiger partial charge in [0.15, 0.2) is 11.5 Å². The summed E-state index contributed by atoms with van der Waals surface area (Å²) >= 11 is 0. The second-order valence-electron chi connectivity index (χ2n) is 8.49. The predicted molar refractivity (Wildman–Crippen MR) is 131 cm³/mol. The molecule has 0 aliphatic heterocycles. The van der Waals surface area contributed by atoms with E-state index in [1.165, 1.54) is 0 Å². The maximum absolute atomic E-state index is 4.90. The molecule has 6 rings (SSSR count). The van der Waals surface area contributed by atoms with E-state index in [2.05, 4.69) is 49.3 Å². The Morgan fingerprint density at radius 3 is 2.68 bits per heavy atom. The van der Waals surface area contributed by atoms with Gasteiger partial charge in [0.25, 0.3) is 0 Å². The number of anilines is 1. The molecule has 0 fully saturated rings. The number of aromatic amines is 2. The number of aromatic nitrogens is 9. The molecule has 3 N–H and O–H groups in total. The molecule has 0 saturated heterocycles. The first-order valence-electron chi connectivity index (χ1n) is 11.0. The topological polar surface area (TPSA) is 126 Å². The molecule has 0 radical (unpaired) electrons. The molecule has 0 bridgehead atoms. The van der Waals surface area contributed by atoms with Crippen LogP contribution in [0.2, 0.25) is 0 Å². The fourth-order valence-corrected chi connectivity index (χ4v) is 3.99. The van der Waals surface area contributed by atoms with Crippen LogP contribution in [0.15, 0.2) is 55.5 Å². The van der Waals surface area contributed by atoms with Gasteiger partial charge in [0.1, 0.15) is 11.0 Å². The Balaban J connectivity index is 1.45. The van der Waals surface area contributed by atoms with Crippen LogP contribution in [0.25, 0.3) is 50.5 Å². The number of hydrogen-bond donors (Lipinski definition) is 3. The lowest BCUT2D eigenvalue weighted by Crippen LogP contribution is -2.09. The highest BCUT2D eigenvalue weighted by Crippen LogP contribution is 2.29. The molecular weight excluding hydrogens is 428 g/mol. The first kappa shape index (κ1) is 20.0. The van der Waals surface area contributed by atoms with Gasteiger partial charge in [-0.15, -0.1) is 0 Å². The molecule has 6 aromatic rings. The monoisotopic (exact) mass is 450 g/mol. The van der Waals surface area contributed by atoms with Crippen molar-refractivity contribution in [3.05, 3.63) is 61.2 Å². The third-order valence-corrected chi connectivity index (χ3v) is 5.49. The van der Waals surface area contributed by atoms with Crippen molar-refractivity contribution in [3.8, 4) is 28.5 Å². The van der Waals surface area contributed by atoms with Crippen LogP contribution in [0, 0.1) is 6.92 Å². The van der Waals surface area contributed by atoms with E-state index in [1.807, 2.05) is 48.3 Å². The van der Waals surface area contributed by atoms with Crippen LogP contribution in [0.5, 0.6) is 0 Å². The van der Waals surface area contributed by atoms with Gasteiger partial charge in [-0.3, -0.25) is 15.1 Å². The second-order valence-corrected chi connectivity index (χ2v) is 8.49. The summed E-state index contributed by atoms with van der Waals surface area (Å²) in [6.07, 6.45) is 10.9. The van der Waals surface area contributed by atoms with Gasteiger partial charge in [-0.25, -0.2) is 15.0 Å². The van der Waals surface area contributed by atoms with Crippen LogP contribution in [0.1, 0.15) is 19.5 Å². The van der Waals surface area contributed by atoms with Crippen molar-refractivity contribution in [2.45, 2.75) is 26.8 Å². The van der Waals surface area contributed by atoms with Crippen molar-refractivity contribution >= 4 is 27.8 Å². The normalized spacial score (nSPS) is 11.6. The zero-order valence-corrected chi connectivity index (χ0v) is 18.9. The van der Waals surface area contributed by atoms with Crippen molar-refractivity contribution in [1.29, 1.82) is 0 Å². The smallest absolute Gasteiger partial charge is 0.161 e. The summed E-state index contributed by atoms with van der Waals surface area (Å²) in [6, 6.07) is 6.29. The highest BCUT2D eigenvalue weighted by Gasteiger charge is 2.17. The van der Waals surface area contributed by atoms with Gasteiger partial charge in [-0.05, 0) is 39.0 Å². The number of H-pyrrole nitrogens is 2.